The van der Waals surface area contributed by atoms with Crippen molar-refractivity contribution in [1.82, 2.24) is 47.1 Å². The topological polar surface area (TPSA) is 451 Å². The van der Waals surface area contributed by atoms with Crippen LogP contribution in [0.5, 0.6) is 5.75 Å². The molecule has 27 heteroatoms. The number of para-hydroxylation sites is 1. The highest BCUT2D eigenvalue weighted by Crippen LogP contribution is 2.24. The van der Waals surface area contributed by atoms with Crippen LogP contribution in [0.4, 0.5) is 0 Å². The number of nitrogens with two attached hydrogens (primary N) is 4. The van der Waals surface area contributed by atoms with Crippen LogP contribution < -0.4 is 60.2 Å². The summed E-state index contributed by atoms with van der Waals surface area (Å²) < 4.78 is 0. The van der Waals surface area contributed by atoms with Gasteiger partial charge in [-0.15, -0.1) is 0 Å². The number of aliphatic imine (C=N–C) groups is 1. The number of hydrogen-bond acceptors (Lipinski definition) is 14. The van der Waals surface area contributed by atoms with Crippen molar-refractivity contribution in [2.75, 3.05) is 13.1 Å². The summed E-state index contributed by atoms with van der Waals surface area (Å²) in [7, 11) is 0. The van der Waals surface area contributed by atoms with Crippen LogP contribution >= 0.6 is 0 Å². The fraction of sp³-hybridized carbons (Fsp3) is 0.554. The quantitative estimate of drug-likeness (QED) is 0.0192. The second-order valence-corrected chi connectivity index (χ2v) is 22.1. The fourth-order valence-electron chi connectivity index (χ4n) is 9.53. The van der Waals surface area contributed by atoms with Gasteiger partial charge < -0.3 is 85.4 Å². The highest BCUT2D eigenvalue weighted by molar-refractivity contribution is 5.99. The second-order valence-electron chi connectivity index (χ2n) is 22.1. The second kappa shape index (κ2) is 31.8. The Morgan fingerprint density at radius 3 is 1.83 bits per heavy atom. The van der Waals surface area contributed by atoms with Crippen molar-refractivity contribution in [1.29, 1.82) is 0 Å². The summed E-state index contributed by atoms with van der Waals surface area (Å²) in [5, 5.41) is 49.8. The van der Waals surface area contributed by atoms with Crippen molar-refractivity contribution in [2.45, 2.75) is 167 Å². The molecule has 2 aromatic carbocycles. The number of fused-ring (bicyclic) bond motifs is 1. The van der Waals surface area contributed by atoms with E-state index in [1.54, 1.807) is 70.3 Å². The van der Waals surface area contributed by atoms with Gasteiger partial charge in [-0.3, -0.25) is 48.1 Å². The van der Waals surface area contributed by atoms with Crippen LogP contribution in [0.2, 0.25) is 0 Å². The van der Waals surface area contributed by atoms with Crippen molar-refractivity contribution in [3.8, 4) is 5.75 Å². The molecular formula is C56H84N14O13. The highest BCUT2D eigenvalue weighted by Gasteiger charge is 2.42. The zero-order chi connectivity index (χ0) is 61.8. The lowest BCUT2D eigenvalue weighted by Crippen LogP contribution is -2.62. The molecule has 19 N–H and O–H groups in total. The zero-order valence-electron chi connectivity index (χ0n) is 48.1. The molecule has 0 saturated carbocycles. The maximum atomic E-state index is 14.9. The Bertz CT molecular complexity index is 2780. The normalized spacial score (nSPS) is 16.5. The summed E-state index contributed by atoms with van der Waals surface area (Å²) in [6.45, 7) is 11.9. The number of nitrogens with zero attached hydrogens (tertiary/aromatic N) is 2. The van der Waals surface area contributed by atoms with E-state index in [0.717, 1.165) is 0 Å². The first-order valence-corrected chi connectivity index (χ1v) is 27.8. The number of primary amides is 1. The van der Waals surface area contributed by atoms with Crippen LogP contribution in [0, 0.1) is 17.8 Å². The number of benzene rings is 2. The number of carbonyl (C=O) groups is 10. The van der Waals surface area contributed by atoms with Gasteiger partial charge in [0.2, 0.25) is 53.2 Å². The Balaban J connectivity index is 1.63. The average Bonchev–Trinajstić information content (AvgIpc) is 4.28. The molecule has 3 aromatic rings. The Kier molecular flexibility index (Phi) is 25.7. The van der Waals surface area contributed by atoms with E-state index >= 15 is 0 Å². The maximum absolute atomic E-state index is 14.9. The summed E-state index contributed by atoms with van der Waals surface area (Å²) in [4.78, 5) is 145. The van der Waals surface area contributed by atoms with E-state index in [1.807, 2.05) is 13.8 Å². The van der Waals surface area contributed by atoms with E-state index in [4.69, 9.17) is 22.9 Å². The lowest BCUT2D eigenvalue weighted by Gasteiger charge is -2.32. The van der Waals surface area contributed by atoms with Crippen LogP contribution in [-0.2, 0) is 60.8 Å². The van der Waals surface area contributed by atoms with Gasteiger partial charge in [-0.05, 0) is 92.5 Å². The minimum atomic E-state index is -1.82. The molecule has 0 spiro atoms. The number of carbonyl (C=O) groups excluding carboxylic acids is 9. The minimum Gasteiger partial charge on any atom is -0.508 e. The third kappa shape index (κ3) is 20.6. The molecule has 2 heterocycles. The number of aliphatic carboxylic acids is 1. The largest absolute Gasteiger partial charge is 0.508 e. The van der Waals surface area contributed by atoms with Gasteiger partial charge in [-0.2, -0.15) is 0 Å². The summed E-state index contributed by atoms with van der Waals surface area (Å²) in [5.41, 5.74) is 23.9. The molecule has 1 fully saturated rings. The van der Waals surface area contributed by atoms with E-state index in [-0.39, 0.29) is 62.8 Å². The molecule has 0 unspecified atom stereocenters. The Morgan fingerprint density at radius 1 is 0.675 bits per heavy atom. The van der Waals surface area contributed by atoms with Gasteiger partial charge in [0.05, 0.1) is 12.1 Å². The first kappa shape index (κ1) is 67.2. The summed E-state index contributed by atoms with van der Waals surface area (Å²) >= 11 is 0. The number of aliphatic hydroxyl groups excluding tert-OH is 1. The number of phenolic OH excluding ortho intramolecular Hbond substituents is 1. The smallest absolute Gasteiger partial charge is 0.326 e. The molecule has 0 bridgehead atoms. The summed E-state index contributed by atoms with van der Waals surface area (Å²) in [5.74, 6) is -9.98. The molecule has 83 heavy (non-hydrogen) atoms. The van der Waals surface area contributed by atoms with Gasteiger partial charge in [0, 0.05) is 49.5 Å². The molecule has 27 nitrogen and oxygen atoms in total. The maximum Gasteiger partial charge on any atom is 0.326 e. The number of amides is 9. The van der Waals surface area contributed by atoms with Gasteiger partial charge in [-0.1, -0.05) is 71.9 Å². The number of likely N-dealkylation sites (tertiary alicyclic amines) is 1. The molecule has 9 amide bonds. The molecule has 4 rings (SSSR count). The lowest BCUT2D eigenvalue weighted by atomic mass is 9.97. The molecule has 1 aliphatic heterocycles. The Labute approximate surface area is 482 Å². The van der Waals surface area contributed by atoms with Gasteiger partial charge in [0.15, 0.2) is 5.96 Å². The number of phenols is 1. The highest BCUT2D eigenvalue weighted by atomic mass is 16.4. The van der Waals surface area contributed by atoms with E-state index in [0.29, 0.717) is 34.9 Å². The van der Waals surface area contributed by atoms with Crippen LogP contribution in [0.1, 0.15) is 105 Å². The van der Waals surface area contributed by atoms with Gasteiger partial charge in [-0.25, -0.2) is 4.79 Å². The lowest BCUT2D eigenvalue weighted by molar-refractivity contribution is -0.143. The van der Waals surface area contributed by atoms with Gasteiger partial charge in [0.1, 0.15) is 54.1 Å². The van der Waals surface area contributed by atoms with Gasteiger partial charge in [0.25, 0.3) is 0 Å². The number of aromatic amines is 1. The predicted molar refractivity (Wildman–Crippen MR) is 307 cm³/mol. The van der Waals surface area contributed by atoms with Crippen molar-refractivity contribution in [3.63, 3.8) is 0 Å². The minimum absolute atomic E-state index is 0.0389. The van der Waals surface area contributed by atoms with Crippen LogP contribution in [-0.4, -0.2) is 164 Å². The predicted octanol–water partition coefficient (Wildman–Crippen LogP) is -1.49. The number of aromatic hydroxyl groups is 1. The molecule has 456 valence electrons. The van der Waals surface area contributed by atoms with Crippen LogP contribution in [0.15, 0.2) is 59.7 Å². The Morgan fingerprint density at radius 2 is 1.24 bits per heavy atom. The van der Waals surface area contributed by atoms with Crippen LogP contribution in [0.25, 0.3) is 10.9 Å². The number of guanidine groups is 1. The molecule has 1 aliphatic rings. The van der Waals surface area contributed by atoms with E-state index in [2.05, 4.69) is 47.2 Å². The van der Waals surface area contributed by atoms with E-state index < -0.39 is 144 Å². The summed E-state index contributed by atoms with van der Waals surface area (Å²) in [6, 6.07) is 0.846. The molecule has 0 radical (unpaired) electrons. The zero-order valence-corrected chi connectivity index (χ0v) is 48.1. The number of carboxylic acids is 1. The number of nitrogens with one attached hydrogen (secondary N) is 8. The number of aliphatic hydroxyl groups is 1. The Hall–Kier alpha value is -8.33. The fourth-order valence-corrected chi connectivity index (χ4v) is 9.53. The van der Waals surface area contributed by atoms with E-state index in [9.17, 15) is 63.3 Å². The van der Waals surface area contributed by atoms with Crippen molar-refractivity contribution in [3.05, 3.63) is 65.9 Å². The molecular weight excluding hydrogens is 1080 g/mol. The SMILES string of the molecule is CC(C)C[C@H](N)C(=O)N[C@H](C(=O)N[C@H](C(=O)N[C@@H](Cc1ccc(O)cc1)C(=O)N1CCC[C@H]1C(=O)N[C@@H](Cc1c[nH]c2ccccc12)C(=O)N[C@H](C(=O)N[C@@H](CCC(N)=O)C(=O)N[C@@H](CCCN=C(N)N)C(=O)O)[C@@H](C)O)C(C)C)C(C)C. The number of hydrogen-bond donors (Lipinski definition) is 15. The average molecular weight is 1160 g/mol. The first-order valence-electron chi connectivity index (χ1n) is 27.8. The monoisotopic (exact) mass is 1160 g/mol. The standard InChI is InChI=1S/C56H84N14O13/c1-28(2)24-36(57)47(74)67-45(30(5)6)52(79)68-44(29(3)4)51(78)66-41(25-32-16-18-34(72)19-17-32)54(81)70-23-11-15-42(70)50(77)65-40(26-33-27-62-37-13-9-8-12-35(33)37)49(76)69-46(31(7)71)53(80)63-38(20-21-43(58)73)48(75)64-39(55(82)83)14-10-22-61-56(59)60/h8-9,12-13,16-19,27-31,36,38-42,44-46,62,71-72H,10-11,14-15,20-26,57H2,1-7H3,(H2,58,73)(H,63,80)(H,64,75)(H,65,77)(H,66,78)(H,67,74)(H,68,79)(H,69,76)(H,82,83)(H4,59,60,61)/t31-,36+,38+,39+,40+,41+,42+,44+,45+,46+/m1/s1. The molecule has 0 aliphatic carbocycles. The van der Waals surface area contributed by atoms with Gasteiger partial charge >= 0.3 is 5.97 Å². The number of H-pyrrole nitrogens is 1. The molecule has 1 saturated heterocycles. The first-order chi connectivity index (χ1) is 39.1. The number of rotatable bonds is 32. The summed E-state index contributed by atoms with van der Waals surface area (Å²) in [6.07, 6.45) is -0.418. The molecule has 10 atom stereocenters. The third-order valence-electron chi connectivity index (χ3n) is 14.1. The molecule has 1 aromatic heterocycles. The van der Waals surface area contributed by atoms with Crippen molar-refractivity contribution in [2.24, 2.45) is 45.7 Å². The van der Waals surface area contributed by atoms with E-state index in [1.165, 1.54) is 24.0 Å². The van der Waals surface area contributed by atoms with Crippen LogP contribution in [0.3, 0.4) is 0 Å². The van der Waals surface area contributed by atoms with Crippen molar-refractivity contribution < 1.29 is 63.3 Å². The third-order valence-corrected chi connectivity index (χ3v) is 14.1. The number of aromatic nitrogens is 1. The van der Waals surface area contributed by atoms with Crippen molar-refractivity contribution >= 4 is 76.0 Å². The number of carboxylic acid groups (broad SMARTS) is 1.